The Morgan fingerprint density at radius 3 is 2.65 bits per heavy atom. The van der Waals surface area contributed by atoms with Crippen LogP contribution in [0.1, 0.15) is 37.8 Å². The minimum Gasteiger partial charge on any atom is -0.495 e. The third-order valence-corrected chi connectivity index (χ3v) is 8.82. The highest BCUT2D eigenvalue weighted by molar-refractivity contribution is 7.92. The van der Waals surface area contributed by atoms with Crippen LogP contribution >= 0.6 is 22.9 Å². The van der Waals surface area contributed by atoms with Crippen molar-refractivity contribution < 1.29 is 17.5 Å². The molecule has 34 heavy (non-hydrogen) atoms. The third-order valence-electron chi connectivity index (χ3n) is 5.95. The Bertz CT molecular complexity index is 1270. The molecule has 1 heterocycles. The summed E-state index contributed by atoms with van der Waals surface area (Å²) in [7, 11) is -2.66. The quantitative estimate of drug-likeness (QED) is 0.343. The van der Waals surface area contributed by atoms with E-state index in [1.807, 2.05) is 13.0 Å². The summed E-state index contributed by atoms with van der Waals surface area (Å²) < 4.78 is 47.8. The van der Waals surface area contributed by atoms with Crippen molar-refractivity contribution in [1.82, 2.24) is 4.98 Å². The van der Waals surface area contributed by atoms with E-state index in [1.54, 1.807) is 12.1 Å². The van der Waals surface area contributed by atoms with Crippen LogP contribution in [0.15, 0.2) is 41.3 Å². The molecule has 1 saturated carbocycles. The van der Waals surface area contributed by atoms with Crippen molar-refractivity contribution in [3.05, 3.63) is 52.9 Å². The predicted octanol–water partition coefficient (Wildman–Crippen LogP) is 6.71. The molecule has 1 aliphatic carbocycles. The maximum absolute atomic E-state index is 13.8. The van der Waals surface area contributed by atoms with Gasteiger partial charge in [0.2, 0.25) is 0 Å². The lowest BCUT2D eigenvalue weighted by Crippen LogP contribution is -2.16. The Labute approximate surface area is 208 Å². The van der Waals surface area contributed by atoms with Gasteiger partial charge in [-0.1, -0.05) is 42.2 Å². The number of aromatic nitrogens is 1. The molecule has 10 heteroatoms. The number of methoxy groups -OCH3 is 1. The van der Waals surface area contributed by atoms with Gasteiger partial charge >= 0.3 is 0 Å². The number of nitrogens with zero attached hydrogens (tertiary/aromatic N) is 1. The van der Waals surface area contributed by atoms with Crippen LogP contribution in [0.3, 0.4) is 0 Å². The highest BCUT2D eigenvalue weighted by Gasteiger charge is 2.23. The van der Waals surface area contributed by atoms with Crippen molar-refractivity contribution in [2.24, 2.45) is 5.92 Å². The molecule has 1 aromatic heterocycles. The van der Waals surface area contributed by atoms with E-state index in [0.29, 0.717) is 11.5 Å². The summed E-state index contributed by atoms with van der Waals surface area (Å²) in [5, 5.41) is 4.20. The molecule has 0 spiro atoms. The van der Waals surface area contributed by atoms with Crippen molar-refractivity contribution in [3.8, 4) is 16.2 Å². The molecule has 0 saturated heterocycles. The largest absolute Gasteiger partial charge is 0.495 e. The summed E-state index contributed by atoms with van der Waals surface area (Å²) in [6.07, 6.45) is 6.38. The number of nitrogens with one attached hydrogen (secondary N) is 2. The van der Waals surface area contributed by atoms with Crippen molar-refractivity contribution >= 4 is 43.8 Å². The molecule has 6 nitrogen and oxygen atoms in total. The minimum atomic E-state index is -4.06. The van der Waals surface area contributed by atoms with Crippen molar-refractivity contribution in [3.63, 3.8) is 0 Å². The monoisotopic (exact) mass is 523 g/mol. The summed E-state index contributed by atoms with van der Waals surface area (Å²) >= 11 is 7.21. The number of ether oxygens (including phenoxy) is 1. The minimum absolute atomic E-state index is 0.0487. The zero-order valence-corrected chi connectivity index (χ0v) is 21.4. The molecule has 1 fully saturated rings. The van der Waals surface area contributed by atoms with Gasteiger partial charge in [-0.15, -0.1) is 0 Å². The van der Waals surface area contributed by atoms with Crippen LogP contribution < -0.4 is 14.8 Å². The molecule has 0 amide bonds. The standard InChI is InChI=1S/C24H27ClFN3O3S2/c1-15-23(33-24(28-15)27-14-16-6-4-3-5-7-16)17-8-11-21(32-2)22(12-17)34(30,31)29-18-9-10-19(25)20(26)13-18/h8-13,16,29H,3-7,14H2,1-2H3,(H,27,28). The topological polar surface area (TPSA) is 80.3 Å². The first-order valence-electron chi connectivity index (χ1n) is 11.1. The Morgan fingerprint density at radius 1 is 1.18 bits per heavy atom. The molecule has 2 aromatic carbocycles. The van der Waals surface area contributed by atoms with E-state index in [-0.39, 0.29) is 21.4 Å². The molecule has 0 atom stereocenters. The Morgan fingerprint density at radius 2 is 1.94 bits per heavy atom. The van der Waals surface area contributed by atoms with Crippen LogP contribution in [0.25, 0.3) is 10.4 Å². The van der Waals surface area contributed by atoms with Crippen LogP contribution in [-0.4, -0.2) is 27.1 Å². The first kappa shape index (κ1) is 24.8. The van der Waals surface area contributed by atoms with E-state index in [2.05, 4.69) is 15.0 Å². The fraction of sp³-hybridized carbons (Fsp3) is 0.375. The second-order valence-electron chi connectivity index (χ2n) is 8.42. The molecule has 1 aliphatic rings. The van der Waals surface area contributed by atoms with Crippen LogP contribution in [-0.2, 0) is 10.0 Å². The average molecular weight is 524 g/mol. The Hall–Kier alpha value is -2.36. The van der Waals surface area contributed by atoms with Gasteiger partial charge in [0.05, 0.1) is 28.4 Å². The number of benzene rings is 2. The molecular formula is C24H27ClFN3O3S2. The van der Waals surface area contributed by atoms with Crippen LogP contribution in [0.2, 0.25) is 5.02 Å². The van der Waals surface area contributed by atoms with Gasteiger partial charge in [-0.3, -0.25) is 4.72 Å². The lowest BCUT2D eigenvalue weighted by molar-refractivity contribution is 0.373. The van der Waals surface area contributed by atoms with E-state index in [9.17, 15) is 12.8 Å². The zero-order chi connectivity index (χ0) is 24.3. The number of halogens is 2. The van der Waals surface area contributed by atoms with E-state index < -0.39 is 15.8 Å². The fourth-order valence-electron chi connectivity index (χ4n) is 4.16. The predicted molar refractivity (Wildman–Crippen MR) is 136 cm³/mol. The van der Waals surface area contributed by atoms with Gasteiger partial charge in [0.1, 0.15) is 16.5 Å². The maximum Gasteiger partial charge on any atom is 0.265 e. The number of anilines is 2. The van der Waals surface area contributed by atoms with E-state index in [4.69, 9.17) is 16.3 Å². The number of hydrogen-bond acceptors (Lipinski definition) is 6. The summed E-state index contributed by atoms with van der Waals surface area (Å²) in [5.41, 5.74) is 1.60. The molecular weight excluding hydrogens is 497 g/mol. The second kappa shape index (κ2) is 10.5. The summed E-state index contributed by atoms with van der Waals surface area (Å²) in [6, 6.07) is 8.71. The highest BCUT2D eigenvalue weighted by atomic mass is 35.5. The molecule has 182 valence electrons. The first-order valence-corrected chi connectivity index (χ1v) is 13.8. The van der Waals surface area contributed by atoms with Crippen LogP contribution in [0, 0.1) is 18.7 Å². The molecule has 2 N–H and O–H groups in total. The van der Waals surface area contributed by atoms with E-state index in [1.165, 1.54) is 62.7 Å². The van der Waals surface area contributed by atoms with Gasteiger partial charge in [0.15, 0.2) is 5.13 Å². The number of aryl methyl sites for hydroxylation is 1. The molecule has 3 aromatic rings. The summed E-state index contributed by atoms with van der Waals surface area (Å²) in [4.78, 5) is 5.48. The van der Waals surface area contributed by atoms with Gasteiger partial charge < -0.3 is 10.1 Å². The van der Waals surface area contributed by atoms with Gasteiger partial charge in [-0.2, -0.15) is 0 Å². The zero-order valence-electron chi connectivity index (χ0n) is 19.0. The lowest BCUT2D eigenvalue weighted by atomic mass is 9.89. The van der Waals surface area contributed by atoms with Crippen LogP contribution in [0.4, 0.5) is 15.2 Å². The smallest absolute Gasteiger partial charge is 0.265 e. The van der Waals surface area contributed by atoms with Crippen LogP contribution in [0.5, 0.6) is 5.75 Å². The fourth-order valence-corrected chi connectivity index (χ4v) is 6.49. The number of rotatable bonds is 8. The molecule has 0 aliphatic heterocycles. The molecule has 0 unspecified atom stereocenters. The second-order valence-corrected chi connectivity index (χ2v) is 11.5. The summed E-state index contributed by atoms with van der Waals surface area (Å²) in [5.74, 6) is 0.141. The third kappa shape index (κ3) is 5.64. The number of thiazole rings is 1. The van der Waals surface area contributed by atoms with Gasteiger partial charge in [-0.25, -0.2) is 17.8 Å². The maximum atomic E-state index is 13.8. The highest BCUT2D eigenvalue weighted by Crippen LogP contribution is 2.37. The van der Waals surface area contributed by atoms with Gasteiger partial charge in [0.25, 0.3) is 10.0 Å². The molecule has 0 bridgehead atoms. The van der Waals surface area contributed by atoms with Gasteiger partial charge in [0, 0.05) is 6.54 Å². The first-order chi connectivity index (χ1) is 16.3. The molecule has 4 rings (SSSR count). The Balaban J connectivity index is 1.59. The normalized spacial score (nSPS) is 14.7. The number of sulfonamides is 1. The number of hydrogen-bond donors (Lipinski definition) is 2. The van der Waals surface area contributed by atoms with Gasteiger partial charge in [-0.05, 0) is 67.6 Å². The SMILES string of the molecule is COc1ccc(-c2sc(NCC3CCCCC3)nc2C)cc1S(=O)(=O)Nc1ccc(Cl)c(F)c1. The lowest BCUT2D eigenvalue weighted by Gasteiger charge is -2.21. The average Bonchev–Trinajstić information content (AvgIpc) is 3.20. The summed E-state index contributed by atoms with van der Waals surface area (Å²) in [6.45, 7) is 2.81. The van der Waals surface area contributed by atoms with Crippen molar-refractivity contribution in [2.75, 3.05) is 23.7 Å². The Kier molecular flexibility index (Phi) is 7.64. The molecule has 0 radical (unpaired) electrons. The van der Waals surface area contributed by atoms with Crippen molar-refractivity contribution in [1.29, 1.82) is 0 Å². The van der Waals surface area contributed by atoms with E-state index >= 15 is 0 Å². The van der Waals surface area contributed by atoms with Crippen molar-refractivity contribution in [2.45, 2.75) is 43.9 Å². The van der Waals surface area contributed by atoms with E-state index in [0.717, 1.165) is 28.3 Å².